The molecular weight excluding hydrogens is 449 g/mol. The fourth-order valence-electron chi connectivity index (χ4n) is 3.95. The van der Waals surface area contributed by atoms with Crippen LogP contribution in [0.5, 0.6) is 0 Å². The van der Waals surface area contributed by atoms with Gasteiger partial charge in [-0.1, -0.05) is 18.2 Å². The van der Waals surface area contributed by atoms with Gasteiger partial charge in [0, 0.05) is 12.4 Å². The van der Waals surface area contributed by atoms with Crippen LogP contribution in [0.1, 0.15) is 38.8 Å². The highest BCUT2D eigenvalue weighted by Gasteiger charge is 2.52. The monoisotopic (exact) mass is 479 g/mol. The van der Waals surface area contributed by atoms with Crippen molar-refractivity contribution in [1.29, 1.82) is 0 Å². The third kappa shape index (κ3) is 4.82. The van der Waals surface area contributed by atoms with Gasteiger partial charge in [-0.25, -0.2) is 9.78 Å². The first-order valence-electron chi connectivity index (χ1n) is 11.5. The number of carbonyl (C=O) groups excluding carboxylic acids is 1. The number of aliphatic hydroxyl groups excluding tert-OH is 1. The smallest absolute Gasteiger partial charge is 0.447 e. The molecule has 35 heavy (non-hydrogen) atoms. The highest BCUT2D eigenvalue weighted by atomic mass is 16.7. The van der Waals surface area contributed by atoms with Crippen molar-refractivity contribution in [2.75, 3.05) is 13.2 Å². The Morgan fingerprint density at radius 3 is 2.60 bits per heavy atom. The molecule has 1 aliphatic heterocycles. The van der Waals surface area contributed by atoms with E-state index in [1.54, 1.807) is 6.20 Å². The van der Waals surface area contributed by atoms with Crippen LogP contribution in [0, 0.1) is 6.92 Å². The number of aliphatic hydroxyl groups is 1. The summed E-state index contributed by atoms with van der Waals surface area (Å²) < 4.78 is 18.7. The second-order valence-electron chi connectivity index (χ2n) is 9.55. The van der Waals surface area contributed by atoms with Crippen LogP contribution in [0.2, 0.25) is 0 Å². The maximum atomic E-state index is 12.9. The Balaban J connectivity index is 1.61. The topological polar surface area (TPSA) is 111 Å². The van der Waals surface area contributed by atoms with Crippen LogP contribution in [0.3, 0.4) is 0 Å². The molecule has 10 heteroatoms. The number of aromatic nitrogens is 2. The first-order valence-corrected chi connectivity index (χ1v) is 11.5. The molecule has 9 nitrogen and oxygen atoms in total. The predicted octanol–water partition coefficient (Wildman–Crippen LogP) is 2.19. The van der Waals surface area contributed by atoms with E-state index in [9.17, 15) is 9.59 Å². The summed E-state index contributed by atoms with van der Waals surface area (Å²) in [5.41, 5.74) is 3.53. The average Bonchev–Trinajstić information content (AvgIpc) is 3.03. The molecule has 0 bridgehead atoms. The van der Waals surface area contributed by atoms with Gasteiger partial charge in [0.05, 0.1) is 29.9 Å². The van der Waals surface area contributed by atoms with E-state index in [1.165, 1.54) is 10.6 Å². The third-order valence-corrected chi connectivity index (χ3v) is 6.72. The Morgan fingerprint density at radius 2 is 1.91 bits per heavy atom. The molecule has 3 aromatic rings. The average molecular weight is 479 g/mol. The van der Waals surface area contributed by atoms with E-state index < -0.39 is 24.4 Å². The molecule has 0 atom stereocenters. The molecule has 2 aromatic heterocycles. The standard InChI is InChI=1S/C25H30BN3O6/c1-16-19(7-6-8-20(16)26-34-24(2,3)25(4,5)35-26)17-9-10-29-21(13-17)27-14-18(22(29)31)15-28-23(32)33-12-11-30/h6-10,13-14,30H,11-12,15H2,1-5H3,(H,28,32). The number of hydrogen-bond donors (Lipinski definition) is 2. The summed E-state index contributed by atoms with van der Waals surface area (Å²) in [5.74, 6) is 0. The molecule has 2 N–H and O–H groups in total. The number of pyridine rings is 1. The Bertz CT molecular complexity index is 1300. The second kappa shape index (κ2) is 9.45. The predicted molar refractivity (Wildman–Crippen MR) is 133 cm³/mol. The quantitative estimate of drug-likeness (QED) is 0.522. The molecular formula is C25H30BN3O6. The van der Waals surface area contributed by atoms with Crippen molar-refractivity contribution in [2.24, 2.45) is 0 Å². The van der Waals surface area contributed by atoms with Crippen LogP contribution in [0.4, 0.5) is 4.79 Å². The van der Waals surface area contributed by atoms with Crippen molar-refractivity contribution in [1.82, 2.24) is 14.7 Å². The maximum Gasteiger partial charge on any atom is 0.495 e. The minimum Gasteiger partial charge on any atom is -0.447 e. The lowest BCUT2D eigenvalue weighted by atomic mass is 9.74. The molecule has 0 saturated carbocycles. The van der Waals surface area contributed by atoms with E-state index in [0.717, 1.165) is 22.2 Å². The number of hydrogen-bond acceptors (Lipinski definition) is 7. The Hall–Kier alpha value is -3.21. The maximum absolute atomic E-state index is 12.9. The largest absolute Gasteiger partial charge is 0.495 e. The van der Waals surface area contributed by atoms with Gasteiger partial charge in [-0.2, -0.15) is 0 Å². The Morgan fingerprint density at radius 1 is 1.20 bits per heavy atom. The zero-order valence-corrected chi connectivity index (χ0v) is 20.6. The summed E-state index contributed by atoms with van der Waals surface area (Å²) in [5, 5.41) is 11.2. The number of fused-ring (bicyclic) bond motifs is 1. The molecule has 0 aliphatic carbocycles. The van der Waals surface area contributed by atoms with Crippen LogP contribution >= 0.6 is 0 Å². The second-order valence-corrected chi connectivity index (χ2v) is 9.55. The third-order valence-electron chi connectivity index (χ3n) is 6.72. The van der Waals surface area contributed by atoms with Crippen molar-refractivity contribution in [3.05, 3.63) is 64.2 Å². The molecule has 1 saturated heterocycles. The van der Waals surface area contributed by atoms with Crippen LogP contribution in [0.15, 0.2) is 47.5 Å². The van der Waals surface area contributed by atoms with E-state index >= 15 is 0 Å². The normalized spacial score (nSPS) is 16.5. The molecule has 1 amide bonds. The zero-order chi connectivity index (χ0) is 25.4. The van der Waals surface area contributed by atoms with Crippen molar-refractivity contribution in [3.63, 3.8) is 0 Å². The van der Waals surface area contributed by atoms with Crippen LogP contribution < -0.4 is 16.3 Å². The first-order chi connectivity index (χ1) is 16.5. The number of amides is 1. The molecule has 1 aromatic carbocycles. The highest BCUT2D eigenvalue weighted by Crippen LogP contribution is 2.37. The number of ether oxygens (including phenoxy) is 1. The molecule has 0 spiro atoms. The van der Waals surface area contributed by atoms with Crippen molar-refractivity contribution in [3.8, 4) is 11.1 Å². The minimum atomic E-state index is -0.712. The van der Waals surface area contributed by atoms with Gasteiger partial charge in [0.25, 0.3) is 5.56 Å². The minimum absolute atomic E-state index is 0.0317. The summed E-state index contributed by atoms with van der Waals surface area (Å²) in [7, 11) is -0.472. The molecule has 0 radical (unpaired) electrons. The van der Waals surface area contributed by atoms with E-state index in [1.807, 2.05) is 65.0 Å². The van der Waals surface area contributed by atoms with Crippen molar-refractivity contribution < 1.29 is 23.9 Å². The summed E-state index contributed by atoms with van der Waals surface area (Å²) in [4.78, 5) is 28.9. The highest BCUT2D eigenvalue weighted by molar-refractivity contribution is 6.62. The fraction of sp³-hybridized carbons (Fsp3) is 0.400. The summed E-state index contributed by atoms with van der Waals surface area (Å²) in [6.07, 6.45) is 2.41. The fourth-order valence-corrected chi connectivity index (χ4v) is 3.95. The van der Waals surface area contributed by atoms with Gasteiger partial charge < -0.3 is 24.5 Å². The lowest BCUT2D eigenvalue weighted by molar-refractivity contribution is 0.00578. The summed E-state index contributed by atoms with van der Waals surface area (Å²) in [6, 6.07) is 9.71. The number of nitrogens with zero attached hydrogens (tertiary/aromatic N) is 2. The Kier molecular flexibility index (Phi) is 6.72. The van der Waals surface area contributed by atoms with Gasteiger partial charge in [-0.05, 0) is 68.9 Å². The number of carbonyl (C=O) groups is 1. The van der Waals surface area contributed by atoms with Gasteiger partial charge >= 0.3 is 13.2 Å². The number of nitrogens with one attached hydrogen (secondary N) is 1. The van der Waals surface area contributed by atoms with Crippen molar-refractivity contribution in [2.45, 2.75) is 52.4 Å². The van der Waals surface area contributed by atoms with Crippen LogP contribution in [-0.2, 0) is 20.6 Å². The Labute approximate surface area is 204 Å². The zero-order valence-electron chi connectivity index (χ0n) is 20.6. The van der Waals surface area contributed by atoms with Gasteiger partial charge in [0.1, 0.15) is 12.3 Å². The van der Waals surface area contributed by atoms with Crippen molar-refractivity contribution >= 4 is 24.3 Å². The SMILES string of the molecule is Cc1c(B2OC(C)(C)C(C)(C)O2)cccc1-c1ccn2c(=O)c(CNC(=O)OCCO)cnc2c1. The molecule has 1 aliphatic rings. The first kappa shape index (κ1) is 24.9. The number of rotatable bonds is 6. The molecule has 0 unspecified atom stereocenters. The lowest BCUT2D eigenvalue weighted by Gasteiger charge is -2.32. The van der Waals surface area contributed by atoms with E-state index in [2.05, 4.69) is 10.3 Å². The molecule has 3 heterocycles. The molecule has 1 fully saturated rings. The van der Waals surface area contributed by atoms with Gasteiger partial charge in [0.15, 0.2) is 0 Å². The number of alkyl carbamates (subject to hydrolysis) is 1. The molecule has 4 rings (SSSR count). The van der Waals surface area contributed by atoms with E-state index in [4.69, 9.17) is 19.2 Å². The van der Waals surface area contributed by atoms with E-state index in [0.29, 0.717) is 11.2 Å². The van der Waals surface area contributed by atoms with Gasteiger partial charge in [-0.15, -0.1) is 0 Å². The molecule has 184 valence electrons. The van der Waals surface area contributed by atoms with Crippen LogP contribution in [0.25, 0.3) is 16.8 Å². The van der Waals surface area contributed by atoms with Crippen LogP contribution in [-0.4, -0.2) is 52.1 Å². The summed E-state index contributed by atoms with van der Waals surface area (Å²) in [6.45, 7) is 9.73. The number of benzene rings is 1. The van der Waals surface area contributed by atoms with Gasteiger partial charge in [-0.3, -0.25) is 9.20 Å². The lowest BCUT2D eigenvalue weighted by Crippen LogP contribution is -2.41. The van der Waals surface area contributed by atoms with E-state index in [-0.39, 0.29) is 25.3 Å². The van der Waals surface area contributed by atoms with Gasteiger partial charge in [0.2, 0.25) is 0 Å². The summed E-state index contributed by atoms with van der Waals surface area (Å²) >= 11 is 0.